The van der Waals surface area contributed by atoms with E-state index in [9.17, 15) is 29.8 Å². The molecule has 1 aromatic rings. The average Bonchev–Trinajstić information content (AvgIpc) is 2.43. The maximum absolute atomic E-state index is 11.7. The number of primary amides is 1. The Bertz CT molecular complexity index is 631. The summed E-state index contributed by atoms with van der Waals surface area (Å²) in [6, 6.07) is 1.82. The van der Waals surface area contributed by atoms with E-state index in [1.807, 2.05) is 0 Å². The zero-order valence-electron chi connectivity index (χ0n) is 11.1. The number of rotatable bonds is 7. The van der Waals surface area contributed by atoms with Crippen molar-refractivity contribution in [3.05, 3.63) is 38.4 Å². The number of benzene rings is 1. The topological polar surface area (TPSA) is 182 Å². The molecule has 0 aliphatic carbocycles. The van der Waals surface area contributed by atoms with Crippen molar-refractivity contribution < 1.29 is 24.2 Å². The predicted molar refractivity (Wildman–Crippen MR) is 71.8 cm³/mol. The Morgan fingerprint density at radius 3 is 2.36 bits per heavy atom. The first-order valence-electron chi connectivity index (χ1n) is 5.91. The van der Waals surface area contributed by atoms with Crippen molar-refractivity contribution in [2.24, 2.45) is 11.5 Å². The fraction of sp³-hybridized carbons (Fsp3) is 0.273. The molecule has 22 heavy (non-hydrogen) atoms. The van der Waals surface area contributed by atoms with Gasteiger partial charge in [0.25, 0.3) is 0 Å². The number of nitro benzene ring substituents is 2. The van der Waals surface area contributed by atoms with Gasteiger partial charge in [0.1, 0.15) is 6.04 Å². The number of carbonyl (C=O) groups excluding carboxylic acids is 2. The smallest absolute Gasteiger partial charge is 0.388 e. The van der Waals surface area contributed by atoms with Crippen molar-refractivity contribution in [1.29, 1.82) is 0 Å². The van der Waals surface area contributed by atoms with Crippen LogP contribution in [0, 0.1) is 20.2 Å². The number of ether oxygens (including phenoxy) is 1. The van der Waals surface area contributed by atoms with Crippen LogP contribution in [0.1, 0.15) is 12.8 Å². The first kappa shape index (κ1) is 17.0. The molecule has 4 N–H and O–H groups in total. The number of nitro groups is 2. The Morgan fingerprint density at radius 1 is 1.23 bits per heavy atom. The van der Waals surface area contributed by atoms with Gasteiger partial charge in [-0.2, -0.15) is 0 Å². The van der Waals surface area contributed by atoms with Crippen LogP contribution in [0.4, 0.5) is 11.4 Å². The molecule has 1 amide bonds. The average molecular weight is 312 g/mol. The quantitative estimate of drug-likeness (QED) is 0.305. The van der Waals surface area contributed by atoms with E-state index in [1.165, 1.54) is 0 Å². The van der Waals surface area contributed by atoms with Crippen LogP contribution in [0.3, 0.4) is 0 Å². The first-order valence-corrected chi connectivity index (χ1v) is 5.91. The van der Waals surface area contributed by atoms with E-state index in [1.54, 1.807) is 0 Å². The molecular formula is C11H12N4O7. The molecule has 0 saturated carbocycles. The second-order valence-electron chi connectivity index (χ2n) is 4.17. The molecule has 118 valence electrons. The summed E-state index contributed by atoms with van der Waals surface area (Å²) in [6.45, 7) is 0. The van der Waals surface area contributed by atoms with Crippen molar-refractivity contribution in [2.75, 3.05) is 0 Å². The van der Waals surface area contributed by atoms with Gasteiger partial charge < -0.3 is 16.2 Å². The van der Waals surface area contributed by atoms with Crippen LogP contribution in [-0.4, -0.2) is 27.8 Å². The molecule has 0 aliphatic rings. The van der Waals surface area contributed by atoms with Crippen molar-refractivity contribution in [2.45, 2.75) is 18.9 Å². The summed E-state index contributed by atoms with van der Waals surface area (Å²) in [7, 11) is 0. The molecule has 1 rings (SSSR count). The SMILES string of the molecule is NC(=O)CC[C@H](N)C(=O)Oc1cccc([N+](=O)[O-])c1[N+](=O)[O-]. The normalized spacial score (nSPS) is 11.5. The van der Waals surface area contributed by atoms with Gasteiger partial charge in [0.05, 0.1) is 9.85 Å². The summed E-state index contributed by atoms with van der Waals surface area (Å²) in [4.78, 5) is 42.0. The lowest BCUT2D eigenvalue weighted by molar-refractivity contribution is -0.423. The van der Waals surface area contributed by atoms with E-state index in [4.69, 9.17) is 16.2 Å². The van der Waals surface area contributed by atoms with E-state index < -0.39 is 44.9 Å². The number of hydrogen-bond acceptors (Lipinski definition) is 8. The second kappa shape index (κ2) is 7.08. The minimum Gasteiger partial charge on any atom is -0.418 e. The molecular weight excluding hydrogens is 300 g/mol. The van der Waals surface area contributed by atoms with Crippen LogP contribution in [0.2, 0.25) is 0 Å². The van der Waals surface area contributed by atoms with Gasteiger partial charge in [-0.15, -0.1) is 0 Å². The van der Waals surface area contributed by atoms with Crippen molar-refractivity contribution in [3.63, 3.8) is 0 Å². The maximum Gasteiger partial charge on any atom is 0.388 e. The Labute approximate surface area is 123 Å². The fourth-order valence-corrected chi connectivity index (χ4v) is 1.52. The van der Waals surface area contributed by atoms with E-state index in [0.29, 0.717) is 0 Å². The van der Waals surface area contributed by atoms with Crippen LogP contribution < -0.4 is 16.2 Å². The third kappa shape index (κ3) is 4.21. The third-order valence-electron chi connectivity index (χ3n) is 2.57. The van der Waals surface area contributed by atoms with E-state index >= 15 is 0 Å². The monoisotopic (exact) mass is 312 g/mol. The number of carbonyl (C=O) groups is 2. The zero-order valence-corrected chi connectivity index (χ0v) is 11.1. The number of nitrogens with zero attached hydrogens (tertiary/aromatic N) is 2. The van der Waals surface area contributed by atoms with Gasteiger partial charge in [-0.05, 0) is 12.5 Å². The molecule has 11 nitrogen and oxygen atoms in total. The Kier molecular flexibility index (Phi) is 5.46. The van der Waals surface area contributed by atoms with Gasteiger partial charge in [0.15, 0.2) is 0 Å². The highest BCUT2D eigenvalue weighted by atomic mass is 16.6. The van der Waals surface area contributed by atoms with Crippen LogP contribution in [0.5, 0.6) is 5.75 Å². The predicted octanol–water partition coefficient (Wildman–Crippen LogP) is 0.00120. The van der Waals surface area contributed by atoms with Crippen LogP contribution >= 0.6 is 0 Å². The molecule has 0 saturated heterocycles. The molecule has 0 bridgehead atoms. The highest BCUT2D eigenvalue weighted by molar-refractivity contribution is 5.81. The van der Waals surface area contributed by atoms with Crippen LogP contribution in [0.15, 0.2) is 18.2 Å². The van der Waals surface area contributed by atoms with E-state index in [0.717, 1.165) is 18.2 Å². The number of hydrogen-bond donors (Lipinski definition) is 2. The van der Waals surface area contributed by atoms with Crippen LogP contribution in [-0.2, 0) is 9.59 Å². The van der Waals surface area contributed by atoms with Gasteiger partial charge in [0, 0.05) is 12.5 Å². The van der Waals surface area contributed by atoms with Gasteiger partial charge in [-0.25, -0.2) is 4.79 Å². The summed E-state index contributed by atoms with van der Waals surface area (Å²) >= 11 is 0. The second-order valence-corrected chi connectivity index (χ2v) is 4.17. The number of para-hydroxylation sites is 1. The highest BCUT2D eigenvalue weighted by Crippen LogP contribution is 2.36. The van der Waals surface area contributed by atoms with Gasteiger partial charge in [-0.3, -0.25) is 25.0 Å². The molecule has 0 aliphatic heterocycles. The number of amides is 1. The Balaban J connectivity index is 3.00. The van der Waals surface area contributed by atoms with E-state index in [2.05, 4.69) is 0 Å². The molecule has 0 radical (unpaired) electrons. The van der Waals surface area contributed by atoms with Gasteiger partial charge in [0.2, 0.25) is 11.7 Å². The molecule has 0 unspecified atom stereocenters. The molecule has 1 atom stereocenters. The Hall–Kier alpha value is -3.08. The van der Waals surface area contributed by atoms with Crippen molar-refractivity contribution in [3.8, 4) is 5.75 Å². The standard InChI is InChI=1S/C11H12N4O7/c12-6(4-5-9(13)16)11(17)22-8-3-1-2-7(14(18)19)10(8)15(20)21/h1-3,6H,4-5,12H2,(H2,13,16)/t6-/m0/s1. The lowest BCUT2D eigenvalue weighted by Crippen LogP contribution is -2.35. The Morgan fingerprint density at radius 2 is 1.86 bits per heavy atom. The summed E-state index contributed by atoms with van der Waals surface area (Å²) in [5.41, 5.74) is 8.58. The summed E-state index contributed by atoms with van der Waals surface area (Å²) < 4.78 is 4.73. The summed E-state index contributed by atoms with van der Waals surface area (Å²) in [5.74, 6) is -2.34. The van der Waals surface area contributed by atoms with Crippen molar-refractivity contribution >= 4 is 23.3 Å². The number of nitrogens with two attached hydrogens (primary N) is 2. The lowest BCUT2D eigenvalue weighted by Gasteiger charge is -2.10. The van der Waals surface area contributed by atoms with E-state index in [-0.39, 0.29) is 12.8 Å². The molecule has 11 heteroatoms. The highest BCUT2D eigenvalue weighted by Gasteiger charge is 2.31. The first-order chi connectivity index (χ1) is 10.2. The molecule has 0 fully saturated rings. The zero-order chi connectivity index (χ0) is 16.9. The van der Waals surface area contributed by atoms with Crippen molar-refractivity contribution in [1.82, 2.24) is 0 Å². The summed E-state index contributed by atoms with van der Waals surface area (Å²) in [5, 5.41) is 21.7. The molecule has 1 aromatic carbocycles. The van der Waals surface area contributed by atoms with Gasteiger partial charge >= 0.3 is 17.3 Å². The number of esters is 1. The minimum atomic E-state index is -1.24. The maximum atomic E-state index is 11.7. The largest absolute Gasteiger partial charge is 0.418 e. The fourth-order valence-electron chi connectivity index (χ4n) is 1.52. The lowest BCUT2D eigenvalue weighted by atomic mass is 10.1. The third-order valence-corrected chi connectivity index (χ3v) is 2.57. The molecule has 0 heterocycles. The molecule has 0 aromatic heterocycles. The summed E-state index contributed by atoms with van der Waals surface area (Å²) in [6.07, 6.45) is -0.288. The molecule has 0 spiro atoms. The van der Waals surface area contributed by atoms with Crippen LogP contribution in [0.25, 0.3) is 0 Å². The van der Waals surface area contributed by atoms with Gasteiger partial charge in [-0.1, -0.05) is 6.07 Å². The minimum absolute atomic E-state index is 0.114.